The fourth-order valence-electron chi connectivity index (χ4n) is 7.08. The van der Waals surface area contributed by atoms with Crippen molar-refractivity contribution in [2.24, 2.45) is 33.3 Å². The fraction of sp³-hybridized carbons (Fsp3) is 0.579. The Bertz CT molecular complexity index is 1680. The monoisotopic (exact) mass is 691 g/mol. The molecule has 0 aromatic heterocycles. The highest BCUT2D eigenvalue weighted by Crippen LogP contribution is 2.45. The highest BCUT2D eigenvalue weighted by Gasteiger charge is 2.44. The first-order valence-electron chi connectivity index (χ1n) is 17.6. The lowest BCUT2D eigenvalue weighted by Gasteiger charge is -2.42. The number of nitrogens with zero attached hydrogens (tertiary/aromatic N) is 4. The number of ether oxygens (including phenoxy) is 4. The third-order valence-electron chi connectivity index (χ3n) is 9.56. The summed E-state index contributed by atoms with van der Waals surface area (Å²) in [4.78, 5) is 38.7. The molecule has 2 heterocycles. The van der Waals surface area contributed by atoms with Crippen LogP contribution in [-0.2, 0) is 9.47 Å². The molecular formula is C38H55N6O6+. The quantitative estimate of drug-likeness (QED) is 0.296. The normalized spacial score (nSPS) is 23.7. The zero-order valence-corrected chi connectivity index (χ0v) is 31.3. The Morgan fingerprint density at radius 2 is 1.46 bits per heavy atom. The molecule has 2 aromatic rings. The van der Waals surface area contributed by atoms with E-state index in [1.807, 2.05) is 98.8 Å². The number of amides is 2. The second kappa shape index (κ2) is 13.8. The molecule has 0 radical (unpaired) electrons. The van der Waals surface area contributed by atoms with Gasteiger partial charge in [0.15, 0.2) is 12.2 Å². The van der Waals surface area contributed by atoms with Crippen molar-refractivity contribution in [1.82, 2.24) is 9.38 Å². The van der Waals surface area contributed by atoms with Crippen molar-refractivity contribution in [2.45, 2.75) is 111 Å². The van der Waals surface area contributed by atoms with Gasteiger partial charge in [0.1, 0.15) is 51.4 Å². The second-order valence-electron chi connectivity index (χ2n) is 16.2. The maximum absolute atomic E-state index is 14.1. The van der Waals surface area contributed by atoms with Crippen LogP contribution in [0, 0.1) is 11.8 Å². The van der Waals surface area contributed by atoms with Crippen molar-refractivity contribution < 1.29 is 28.5 Å². The van der Waals surface area contributed by atoms with E-state index in [0.29, 0.717) is 41.1 Å². The van der Waals surface area contributed by atoms with Crippen LogP contribution in [0.3, 0.4) is 0 Å². The van der Waals surface area contributed by atoms with E-state index in [1.54, 1.807) is 11.9 Å². The first-order chi connectivity index (χ1) is 23.2. The summed E-state index contributed by atoms with van der Waals surface area (Å²) >= 11 is 0. The minimum absolute atomic E-state index is 0.0592. The number of fused-ring (bicyclic) bond motifs is 2. The second-order valence-corrected chi connectivity index (χ2v) is 16.2. The topological polar surface area (TPSA) is 151 Å². The molecule has 5 rings (SSSR count). The molecule has 50 heavy (non-hydrogen) atoms. The van der Waals surface area contributed by atoms with Gasteiger partial charge in [-0.15, -0.1) is 0 Å². The first-order valence-corrected chi connectivity index (χ1v) is 17.6. The van der Waals surface area contributed by atoms with E-state index in [1.165, 1.54) is 0 Å². The Kier molecular flexibility index (Phi) is 10.2. The Morgan fingerprint density at radius 3 is 2.04 bits per heavy atom. The molecule has 3 aliphatic rings. The highest BCUT2D eigenvalue weighted by molar-refractivity contribution is 5.91. The highest BCUT2D eigenvalue weighted by atomic mass is 16.6. The summed E-state index contributed by atoms with van der Waals surface area (Å²) in [6.45, 7) is 15.4. The Labute approximate surface area is 296 Å². The molecule has 12 heteroatoms. The van der Waals surface area contributed by atoms with E-state index in [0.717, 1.165) is 36.9 Å². The molecule has 2 aliphatic heterocycles. The van der Waals surface area contributed by atoms with Gasteiger partial charge in [0.2, 0.25) is 0 Å². The lowest BCUT2D eigenvalue weighted by Crippen LogP contribution is -2.55. The molecule has 4 N–H and O–H groups in total. The van der Waals surface area contributed by atoms with E-state index >= 15 is 0 Å². The number of aliphatic imine (C=N–C) groups is 2. The van der Waals surface area contributed by atoms with Crippen molar-refractivity contribution in [2.75, 3.05) is 20.6 Å². The number of hydrogen-bond acceptors (Lipinski definition) is 10. The van der Waals surface area contributed by atoms with Crippen LogP contribution in [0.25, 0.3) is 0 Å². The lowest BCUT2D eigenvalue weighted by molar-refractivity contribution is 0.00992. The van der Waals surface area contributed by atoms with Crippen molar-refractivity contribution in [1.29, 1.82) is 0 Å². The van der Waals surface area contributed by atoms with Crippen LogP contribution < -0.4 is 25.4 Å². The molecule has 0 spiro atoms. The molecular weight excluding hydrogens is 636 g/mol. The Hall–Kier alpha value is -4.32. The largest absolute Gasteiger partial charge is 0.521 e. The number of rotatable bonds is 6. The molecule has 2 aromatic carbocycles. The standard InChI is InChI=1S/C38H55N6O6/c1-22-33(39)41-28-19-26(14-16-30(28)47-22)32(43(9)35(45)49-37(3,4)5)25-13-11-12-24(18-25)21-44(10,36(46)50-38(6,7)8)27-15-17-31-29(20-27)42-34(40)23(2)48-31/h14-17,19-20,22-25,32H,11-13,18,21H2,1-10H3,(H2,39,41)(H2,40,42)/q+1. The van der Waals surface area contributed by atoms with Crippen LogP contribution in [0.4, 0.5) is 26.7 Å². The molecule has 1 fully saturated rings. The van der Waals surface area contributed by atoms with Crippen LogP contribution in [-0.4, -0.2) is 72.8 Å². The molecule has 2 amide bonds. The van der Waals surface area contributed by atoms with Crippen LogP contribution in [0.15, 0.2) is 46.4 Å². The smallest absolute Gasteiger partial charge is 0.481 e. The Morgan fingerprint density at radius 1 is 0.900 bits per heavy atom. The van der Waals surface area contributed by atoms with E-state index < -0.39 is 17.3 Å². The van der Waals surface area contributed by atoms with Crippen molar-refractivity contribution in [3.63, 3.8) is 0 Å². The number of carbonyl (C=O) groups is 2. The van der Waals surface area contributed by atoms with Crippen LogP contribution in [0.2, 0.25) is 0 Å². The number of nitrogens with two attached hydrogens (primary N) is 2. The van der Waals surface area contributed by atoms with Gasteiger partial charge >= 0.3 is 12.2 Å². The maximum Gasteiger partial charge on any atom is 0.521 e. The van der Waals surface area contributed by atoms with Crippen molar-refractivity contribution in [3.8, 4) is 11.5 Å². The maximum atomic E-state index is 14.1. The third-order valence-corrected chi connectivity index (χ3v) is 9.56. The average molecular weight is 692 g/mol. The van der Waals surface area contributed by atoms with Crippen molar-refractivity contribution >= 4 is 40.9 Å². The fourth-order valence-corrected chi connectivity index (χ4v) is 7.08. The van der Waals surface area contributed by atoms with Gasteiger partial charge in [0.25, 0.3) is 0 Å². The van der Waals surface area contributed by atoms with E-state index in [-0.39, 0.29) is 40.7 Å². The first kappa shape index (κ1) is 36.9. The SMILES string of the molecule is CC1Oc2ccc(C(C3CCCC(C[N+](C)(C(=O)OC(C)(C)C)c4ccc5c(c4)N=C(N)C(C)O5)C3)N(C)C(=O)OC(C)(C)C)cc2N=C1N. The van der Waals surface area contributed by atoms with E-state index in [9.17, 15) is 9.59 Å². The van der Waals surface area contributed by atoms with Gasteiger partial charge in [0, 0.05) is 25.1 Å². The summed E-state index contributed by atoms with van der Waals surface area (Å²) < 4.78 is 23.8. The molecule has 6 atom stereocenters. The zero-order chi connectivity index (χ0) is 36.8. The summed E-state index contributed by atoms with van der Waals surface area (Å²) in [6.07, 6.45) is 2.09. The zero-order valence-electron chi connectivity index (χ0n) is 31.3. The predicted molar refractivity (Wildman–Crippen MR) is 197 cm³/mol. The van der Waals surface area contributed by atoms with Crippen molar-refractivity contribution in [3.05, 3.63) is 42.0 Å². The average Bonchev–Trinajstić information content (AvgIpc) is 3.00. The summed E-state index contributed by atoms with van der Waals surface area (Å²) in [5.41, 5.74) is 13.8. The number of hydrogen-bond donors (Lipinski definition) is 2. The number of benzene rings is 2. The Balaban J connectivity index is 1.49. The van der Waals surface area contributed by atoms with Gasteiger partial charge < -0.3 is 35.3 Å². The van der Waals surface area contributed by atoms with Gasteiger partial charge in [-0.25, -0.2) is 14.8 Å². The van der Waals surface area contributed by atoms with Gasteiger partial charge in [-0.05, 0) is 104 Å². The van der Waals surface area contributed by atoms with E-state index in [4.69, 9.17) is 30.4 Å². The van der Waals surface area contributed by atoms with Gasteiger partial charge in [0.05, 0.1) is 19.6 Å². The summed E-state index contributed by atoms with van der Waals surface area (Å²) in [7, 11) is 3.69. The van der Waals surface area contributed by atoms with Crippen LogP contribution in [0.5, 0.6) is 11.5 Å². The number of quaternary nitrogens is 1. The van der Waals surface area contributed by atoms with Crippen LogP contribution >= 0.6 is 0 Å². The van der Waals surface area contributed by atoms with E-state index in [2.05, 4.69) is 9.98 Å². The molecule has 1 saturated carbocycles. The molecule has 6 unspecified atom stereocenters. The van der Waals surface area contributed by atoms with Gasteiger partial charge in [-0.3, -0.25) is 0 Å². The molecule has 272 valence electrons. The van der Waals surface area contributed by atoms with Gasteiger partial charge in [-0.2, -0.15) is 9.28 Å². The summed E-state index contributed by atoms with van der Waals surface area (Å²) in [6, 6.07) is 11.2. The predicted octanol–water partition coefficient (Wildman–Crippen LogP) is 7.51. The minimum Gasteiger partial charge on any atom is -0.481 e. The van der Waals surface area contributed by atoms with Gasteiger partial charge in [-0.1, -0.05) is 12.5 Å². The lowest BCUT2D eigenvalue weighted by atomic mass is 9.75. The summed E-state index contributed by atoms with van der Waals surface area (Å²) in [5, 5.41) is 0. The van der Waals surface area contributed by atoms with Crippen LogP contribution in [0.1, 0.15) is 92.7 Å². The number of amidine groups is 2. The molecule has 12 nitrogen and oxygen atoms in total. The minimum atomic E-state index is -0.692. The molecule has 0 bridgehead atoms. The molecule has 1 aliphatic carbocycles. The third kappa shape index (κ3) is 8.17. The number of carbonyl (C=O) groups excluding carboxylic acids is 2. The molecule has 0 saturated heterocycles. The summed E-state index contributed by atoms with van der Waals surface area (Å²) in [5.74, 6) is 2.24.